The molecule has 5 heteroatoms. The Morgan fingerprint density at radius 2 is 1.76 bits per heavy atom. The third-order valence-electron chi connectivity index (χ3n) is 4.00. The average molecular weight is 312 g/mol. The fraction of sp³-hybridized carbons (Fsp3) is 0.562. The fourth-order valence-electron chi connectivity index (χ4n) is 2.67. The van der Waals surface area contributed by atoms with Crippen molar-refractivity contribution >= 4 is 18.3 Å². The van der Waals surface area contributed by atoms with Crippen LogP contribution in [0.3, 0.4) is 0 Å². The molecule has 21 heavy (non-hydrogen) atoms. The van der Waals surface area contributed by atoms with Gasteiger partial charge in [-0.05, 0) is 25.8 Å². The van der Waals surface area contributed by atoms with Crippen molar-refractivity contribution in [2.24, 2.45) is 5.73 Å². The van der Waals surface area contributed by atoms with E-state index in [0.717, 1.165) is 38.2 Å². The zero-order valence-electron chi connectivity index (χ0n) is 12.9. The highest BCUT2D eigenvalue weighted by molar-refractivity contribution is 5.85. The van der Waals surface area contributed by atoms with E-state index in [2.05, 4.69) is 18.7 Å². The van der Waals surface area contributed by atoms with E-state index in [0.29, 0.717) is 6.04 Å². The summed E-state index contributed by atoms with van der Waals surface area (Å²) in [7, 11) is 0. The SMILES string of the molecule is CC(C)N1CCCN(C(=O)C(N)c2ccccc2)CC1.Cl. The Morgan fingerprint density at radius 3 is 2.38 bits per heavy atom. The Morgan fingerprint density at radius 1 is 1.10 bits per heavy atom. The van der Waals surface area contributed by atoms with Crippen molar-refractivity contribution in [2.45, 2.75) is 32.4 Å². The Labute approximate surface area is 133 Å². The monoisotopic (exact) mass is 311 g/mol. The van der Waals surface area contributed by atoms with Gasteiger partial charge in [-0.1, -0.05) is 30.3 Å². The number of rotatable bonds is 3. The molecule has 118 valence electrons. The van der Waals surface area contributed by atoms with Crippen LogP contribution in [0.4, 0.5) is 0 Å². The zero-order valence-corrected chi connectivity index (χ0v) is 13.7. The summed E-state index contributed by atoms with van der Waals surface area (Å²) in [6.07, 6.45) is 1.02. The van der Waals surface area contributed by atoms with Gasteiger partial charge < -0.3 is 10.6 Å². The van der Waals surface area contributed by atoms with E-state index in [1.54, 1.807) is 0 Å². The minimum Gasteiger partial charge on any atom is -0.340 e. The summed E-state index contributed by atoms with van der Waals surface area (Å²) in [6.45, 7) is 7.98. The van der Waals surface area contributed by atoms with Gasteiger partial charge in [0.05, 0.1) is 0 Å². The van der Waals surface area contributed by atoms with E-state index in [9.17, 15) is 4.79 Å². The second-order valence-electron chi connectivity index (χ2n) is 5.70. The van der Waals surface area contributed by atoms with Crippen molar-refractivity contribution in [1.82, 2.24) is 9.80 Å². The Bertz CT molecular complexity index is 438. The van der Waals surface area contributed by atoms with Crippen LogP contribution in [0.5, 0.6) is 0 Å². The van der Waals surface area contributed by atoms with E-state index in [4.69, 9.17) is 5.73 Å². The van der Waals surface area contributed by atoms with Crippen molar-refractivity contribution in [1.29, 1.82) is 0 Å². The van der Waals surface area contributed by atoms with Crippen LogP contribution in [-0.2, 0) is 4.79 Å². The first-order valence-corrected chi connectivity index (χ1v) is 7.43. The van der Waals surface area contributed by atoms with Gasteiger partial charge in [-0.3, -0.25) is 9.69 Å². The van der Waals surface area contributed by atoms with Crippen molar-refractivity contribution in [3.05, 3.63) is 35.9 Å². The van der Waals surface area contributed by atoms with E-state index in [1.165, 1.54) is 0 Å². The van der Waals surface area contributed by atoms with Gasteiger partial charge in [0, 0.05) is 32.2 Å². The first kappa shape index (κ1) is 18.0. The number of carbonyl (C=O) groups excluding carboxylic acids is 1. The lowest BCUT2D eigenvalue weighted by Crippen LogP contribution is -2.41. The number of halogens is 1. The molecule has 1 aliphatic rings. The zero-order chi connectivity index (χ0) is 14.5. The molecule has 1 amide bonds. The highest BCUT2D eigenvalue weighted by Gasteiger charge is 2.25. The minimum absolute atomic E-state index is 0. The first-order valence-electron chi connectivity index (χ1n) is 7.43. The maximum atomic E-state index is 12.5. The fourth-order valence-corrected chi connectivity index (χ4v) is 2.67. The molecule has 1 aliphatic heterocycles. The maximum absolute atomic E-state index is 12.5. The van der Waals surface area contributed by atoms with Crippen LogP contribution >= 0.6 is 12.4 Å². The average Bonchev–Trinajstić information content (AvgIpc) is 2.72. The Balaban J connectivity index is 0.00000220. The molecule has 1 aromatic rings. The number of hydrogen-bond acceptors (Lipinski definition) is 3. The van der Waals surface area contributed by atoms with Crippen LogP contribution in [-0.4, -0.2) is 47.9 Å². The molecule has 0 radical (unpaired) electrons. The van der Waals surface area contributed by atoms with Gasteiger partial charge in [-0.2, -0.15) is 0 Å². The number of nitrogens with zero attached hydrogens (tertiary/aromatic N) is 2. The summed E-state index contributed by atoms with van der Waals surface area (Å²) in [5.74, 6) is 0.0433. The number of nitrogens with two attached hydrogens (primary N) is 1. The second kappa shape index (κ2) is 8.37. The Hall–Kier alpha value is -1.10. The second-order valence-corrected chi connectivity index (χ2v) is 5.70. The smallest absolute Gasteiger partial charge is 0.244 e. The number of hydrogen-bond donors (Lipinski definition) is 1. The standard InChI is InChI=1S/C16H25N3O.ClH/c1-13(2)18-9-6-10-19(12-11-18)16(20)15(17)14-7-4-3-5-8-14;/h3-5,7-8,13,15H,6,9-12,17H2,1-2H3;1H. The van der Waals surface area contributed by atoms with Gasteiger partial charge in [0.1, 0.15) is 6.04 Å². The lowest BCUT2D eigenvalue weighted by Gasteiger charge is -2.26. The van der Waals surface area contributed by atoms with Crippen molar-refractivity contribution in [3.8, 4) is 0 Å². The molecular weight excluding hydrogens is 286 g/mol. The maximum Gasteiger partial charge on any atom is 0.244 e. The normalized spacial score (nSPS) is 18.0. The van der Waals surface area contributed by atoms with Crippen LogP contribution in [0.15, 0.2) is 30.3 Å². The van der Waals surface area contributed by atoms with E-state index in [1.807, 2.05) is 35.2 Å². The lowest BCUT2D eigenvalue weighted by molar-refractivity contribution is -0.132. The predicted molar refractivity (Wildman–Crippen MR) is 88.5 cm³/mol. The quantitative estimate of drug-likeness (QED) is 0.929. The van der Waals surface area contributed by atoms with Crippen LogP contribution in [0.2, 0.25) is 0 Å². The Kier molecular flexibility index (Phi) is 7.15. The predicted octanol–water partition coefficient (Wildman–Crippen LogP) is 2.05. The molecule has 0 aromatic heterocycles. The minimum atomic E-state index is -0.540. The number of benzene rings is 1. The van der Waals surface area contributed by atoms with Crippen LogP contribution in [0.25, 0.3) is 0 Å². The van der Waals surface area contributed by atoms with Gasteiger partial charge in [-0.15, -0.1) is 12.4 Å². The van der Waals surface area contributed by atoms with Crippen molar-refractivity contribution < 1.29 is 4.79 Å². The largest absolute Gasteiger partial charge is 0.340 e. The van der Waals surface area contributed by atoms with Gasteiger partial charge in [-0.25, -0.2) is 0 Å². The molecule has 0 saturated carbocycles. The summed E-state index contributed by atoms with van der Waals surface area (Å²) in [6, 6.07) is 9.61. The highest BCUT2D eigenvalue weighted by Crippen LogP contribution is 2.15. The molecule has 4 nitrogen and oxygen atoms in total. The third kappa shape index (κ3) is 4.70. The van der Waals surface area contributed by atoms with Crippen LogP contribution < -0.4 is 5.73 Å². The van der Waals surface area contributed by atoms with E-state index < -0.39 is 6.04 Å². The summed E-state index contributed by atoms with van der Waals surface area (Å²) >= 11 is 0. The van der Waals surface area contributed by atoms with Crippen molar-refractivity contribution in [3.63, 3.8) is 0 Å². The third-order valence-corrected chi connectivity index (χ3v) is 4.00. The molecule has 1 unspecified atom stereocenters. The molecule has 0 aliphatic carbocycles. The summed E-state index contributed by atoms with van der Waals surface area (Å²) in [5, 5.41) is 0. The molecule has 0 spiro atoms. The molecule has 0 bridgehead atoms. The molecule has 1 atom stereocenters. The van der Waals surface area contributed by atoms with Crippen molar-refractivity contribution in [2.75, 3.05) is 26.2 Å². The number of amides is 1. The molecule has 1 fully saturated rings. The van der Waals surface area contributed by atoms with Crippen LogP contribution in [0.1, 0.15) is 31.9 Å². The van der Waals surface area contributed by atoms with Gasteiger partial charge in [0.2, 0.25) is 5.91 Å². The molecule has 1 saturated heterocycles. The summed E-state index contributed by atoms with van der Waals surface area (Å²) < 4.78 is 0. The topological polar surface area (TPSA) is 49.6 Å². The van der Waals surface area contributed by atoms with Crippen LogP contribution in [0, 0.1) is 0 Å². The first-order chi connectivity index (χ1) is 9.59. The van der Waals surface area contributed by atoms with E-state index >= 15 is 0 Å². The molecule has 1 heterocycles. The van der Waals surface area contributed by atoms with E-state index in [-0.39, 0.29) is 18.3 Å². The van der Waals surface area contributed by atoms with Gasteiger partial charge in [0.25, 0.3) is 0 Å². The molecular formula is C16H26ClN3O. The molecule has 2 rings (SSSR count). The molecule has 1 aromatic carbocycles. The summed E-state index contributed by atoms with van der Waals surface area (Å²) in [5.41, 5.74) is 7.00. The number of carbonyl (C=O) groups is 1. The van der Waals surface area contributed by atoms with Gasteiger partial charge in [0.15, 0.2) is 0 Å². The highest BCUT2D eigenvalue weighted by atomic mass is 35.5. The molecule has 2 N–H and O–H groups in total. The summed E-state index contributed by atoms with van der Waals surface area (Å²) in [4.78, 5) is 16.8. The lowest BCUT2D eigenvalue weighted by atomic mass is 10.1. The van der Waals surface area contributed by atoms with Gasteiger partial charge >= 0.3 is 0 Å².